The van der Waals surface area contributed by atoms with E-state index < -0.39 is 0 Å². The summed E-state index contributed by atoms with van der Waals surface area (Å²) in [5.41, 5.74) is 12.9. The van der Waals surface area contributed by atoms with Gasteiger partial charge in [-0.25, -0.2) is 14.6 Å². The van der Waals surface area contributed by atoms with Crippen molar-refractivity contribution in [2.24, 2.45) is 10.7 Å². The van der Waals surface area contributed by atoms with E-state index in [-0.39, 0.29) is 11.6 Å². The lowest BCUT2D eigenvalue weighted by molar-refractivity contribution is 0.667. The molecule has 1 unspecified atom stereocenters. The molecule has 0 bridgehead atoms. The van der Waals surface area contributed by atoms with E-state index in [2.05, 4.69) is 27.1 Å². The average molecular weight is 556 g/mol. The summed E-state index contributed by atoms with van der Waals surface area (Å²) in [6.45, 7) is 8.31. The molecule has 6 rings (SSSR count). The van der Waals surface area contributed by atoms with Crippen LogP contribution < -0.4 is 11.3 Å². The molecule has 2 N–H and O–H groups in total. The van der Waals surface area contributed by atoms with E-state index >= 15 is 0 Å². The van der Waals surface area contributed by atoms with E-state index in [9.17, 15) is 4.79 Å². The Morgan fingerprint density at radius 1 is 0.976 bits per heavy atom. The predicted octanol–water partition coefficient (Wildman–Crippen LogP) is 5.75. The van der Waals surface area contributed by atoms with Crippen molar-refractivity contribution in [2.75, 3.05) is 0 Å². The fraction of sp³-hybridized carbons (Fsp3) is 0.206. The van der Waals surface area contributed by atoms with Gasteiger partial charge in [-0.2, -0.15) is 5.10 Å². The second kappa shape index (κ2) is 11.0. The lowest BCUT2D eigenvalue weighted by Gasteiger charge is -2.17. The normalized spacial score (nSPS) is 19.7. The summed E-state index contributed by atoms with van der Waals surface area (Å²) >= 11 is 0. The Labute approximate surface area is 244 Å². The van der Waals surface area contributed by atoms with Crippen LogP contribution in [0.1, 0.15) is 41.6 Å². The molecule has 1 aliphatic heterocycles. The summed E-state index contributed by atoms with van der Waals surface area (Å²) in [6.07, 6.45) is 12.2. The van der Waals surface area contributed by atoms with Gasteiger partial charge in [0.15, 0.2) is 5.65 Å². The van der Waals surface area contributed by atoms with Crippen molar-refractivity contribution < 1.29 is 0 Å². The van der Waals surface area contributed by atoms with Gasteiger partial charge in [-0.05, 0) is 74.4 Å². The number of aromatic nitrogens is 5. The topological polar surface area (TPSA) is 104 Å². The zero-order valence-corrected chi connectivity index (χ0v) is 24.2. The Morgan fingerprint density at radius 2 is 1.79 bits per heavy atom. The molecule has 4 heterocycles. The highest BCUT2D eigenvalue weighted by Gasteiger charge is 2.20. The molecule has 8 heteroatoms. The van der Waals surface area contributed by atoms with Crippen LogP contribution in [0.5, 0.6) is 0 Å². The fourth-order valence-electron chi connectivity index (χ4n) is 5.59. The summed E-state index contributed by atoms with van der Waals surface area (Å²) in [6, 6.07) is 15.9. The maximum Gasteiger partial charge on any atom is 0.263 e. The first-order valence-electron chi connectivity index (χ1n) is 14.1. The summed E-state index contributed by atoms with van der Waals surface area (Å²) in [4.78, 5) is 27.8. The number of amidine groups is 1. The Balaban J connectivity index is 1.56. The third-order valence-electron chi connectivity index (χ3n) is 7.66. The molecule has 0 amide bonds. The lowest BCUT2D eigenvalue weighted by Crippen LogP contribution is -2.25. The largest absolute Gasteiger partial charge is 0.384 e. The number of allylic oxidation sites excluding steroid dienone is 4. The van der Waals surface area contributed by atoms with Gasteiger partial charge < -0.3 is 5.73 Å². The number of nitrogens with two attached hydrogens (primary N) is 1. The van der Waals surface area contributed by atoms with Gasteiger partial charge in [-0.15, -0.1) is 0 Å². The molecule has 5 aromatic rings. The Hall–Kier alpha value is -5.11. The zero-order chi connectivity index (χ0) is 29.4. The molecule has 1 aliphatic rings. The SMILES string of the molecule is Cc1ccccc1-n1c(Cn2nc(C3=C/C/C=C\C(N)=N/C(C)/C=C\3)c3c(C)ncnc32)cc2cccc(C)c2c1=O. The maximum absolute atomic E-state index is 14.1. The highest BCUT2D eigenvalue weighted by molar-refractivity contribution is 5.94. The van der Waals surface area contributed by atoms with Gasteiger partial charge in [0, 0.05) is 5.69 Å². The van der Waals surface area contributed by atoms with E-state index in [4.69, 9.17) is 10.8 Å². The predicted molar refractivity (Wildman–Crippen MR) is 170 cm³/mol. The van der Waals surface area contributed by atoms with Crippen LogP contribution in [0.2, 0.25) is 0 Å². The third kappa shape index (κ3) is 4.96. The molecule has 3 aromatic heterocycles. The molecule has 1 atom stereocenters. The van der Waals surface area contributed by atoms with Crippen LogP contribution in [0, 0.1) is 20.8 Å². The first kappa shape index (κ1) is 27.1. The van der Waals surface area contributed by atoms with Gasteiger partial charge >= 0.3 is 0 Å². The van der Waals surface area contributed by atoms with Gasteiger partial charge in [0.05, 0.1) is 34.7 Å². The number of para-hydroxylation sites is 1. The molecule has 2 aromatic carbocycles. The Kier molecular flexibility index (Phi) is 7.12. The van der Waals surface area contributed by atoms with Gasteiger partial charge in [0.25, 0.3) is 5.56 Å². The molecule has 8 nitrogen and oxygen atoms in total. The molecule has 0 aliphatic carbocycles. The maximum atomic E-state index is 14.1. The second-order valence-electron chi connectivity index (χ2n) is 10.7. The molecule has 0 saturated carbocycles. The van der Waals surface area contributed by atoms with Crippen LogP contribution in [0.15, 0.2) is 95.0 Å². The summed E-state index contributed by atoms with van der Waals surface area (Å²) < 4.78 is 3.71. The summed E-state index contributed by atoms with van der Waals surface area (Å²) in [5.74, 6) is 0.508. The number of hydrogen-bond donors (Lipinski definition) is 1. The van der Waals surface area contributed by atoms with E-state index in [1.807, 2.05) is 104 Å². The van der Waals surface area contributed by atoms with Crippen molar-refractivity contribution >= 4 is 33.2 Å². The van der Waals surface area contributed by atoms with E-state index in [0.717, 1.165) is 55.6 Å². The number of fused-ring (bicyclic) bond motifs is 2. The highest BCUT2D eigenvalue weighted by Crippen LogP contribution is 2.29. The van der Waals surface area contributed by atoms with E-state index in [1.165, 1.54) is 0 Å². The number of rotatable bonds is 4. The molecule has 0 radical (unpaired) electrons. The van der Waals surface area contributed by atoms with Crippen molar-refractivity contribution in [3.05, 3.63) is 124 Å². The van der Waals surface area contributed by atoms with Gasteiger partial charge in [-0.3, -0.25) is 14.4 Å². The Morgan fingerprint density at radius 3 is 2.62 bits per heavy atom. The first-order valence-corrected chi connectivity index (χ1v) is 14.1. The molecule has 0 saturated heterocycles. The molecular weight excluding hydrogens is 522 g/mol. The van der Waals surface area contributed by atoms with Gasteiger partial charge in [-0.1, -0.05) is 60.7 Å². The zero-order valence-electron chi connectivity index (χ0n) is 24.2. The third-order valence-corrected chi connectivity index (χ3v) is 7.66. The minimum Gasteiger partial charge on any atom is -0.384 e. The number of benzene rings is 2. The van der Waals surface area contributed by atoms with Crippen molar-refractivity contribution in [1.29, 1.82) is 0 Å². The molecule has 0 fully saturated rings. The summed E-state index contributed by atoms with van der Waals surface area (Å²) in [5, 5.41) is 7.62. The van der Waals surface area contributed by atoms with Crippen LogP contribution in [-0.2, 0) is 6.54 Å². The smallest absolute Gasteiger partial charge is 0.263 e. The van der Waals surface area contributed by atoms with Crippen molar-refractivity contribution in [2.45, 2.75) is 46.7 Å². The van der Waals surface area contributed by atoms with Gasteiger partial charge in [0.1, 0.15) is 17.9 Å². The fourth-order valence-corrected chi connectivity index (χ4v) is 5.59. The van der Waals surface area contributed by atoms with Crippen molar-refractivity contribution in [3.8, 4) is 5.69 Å². The minimum atomic E-state index is -0.0913. The first-order chi connectivity index (χ1) is 20.3. The quantitative estimate of drug-likeness (QED) is 0.304. The van der Waals surface area contributed by atoms with E-state index in [0.29, 0.717) is 24.4 Å². The molecule has 210 valence electrons. The Bertz CT molecular complexity index is 2020. The standard InChI is InChI=1S/C34H33N7O/c1-21-10-5-7-14-28(21)41-27(18-26-13-9-11-22(2)30(26)34(41)42)19-40-33-31(24(4)36-20-37-33)32(39-40)25-12-6-8-15-29(35)38-23(3)16-17-25/h5,7-18,20,23H,6,19H2,1-4H3,(H2,35,38)/b15-8-,17-16-,25-12+. The van der Waals surface area contributed by atoms with Crippen molar-refractivity contribution in [3.63, 3.8) is 0 Å². The van der Waals surface area contributed by atoms with Crippen LogP contribution in [-0.4, -0.2) is 36.2 Å². The second-order valence-corrected chi connectivity index (χ2v) is 10.7. The molecular formula is C34H33N7O. The minimum absolute atomic E-state index is 0.0454. The summed E-state index contributed by atoms with van der Waals surface area (Å²) in [7, 11) is 0. The van der Waals surface area contributed by atoms with Crippen molar-refractivity contribution in [1.82, 2.24) is 24.3 Å². The number of nitrogens with zero attached hydrogens (tertiary/aromatic N) is 6. The van der Waals surface area contributed by atoms with Crippen LogP contribution in [0.25, 0.3) is 33.1 Å². The number of pyridine rings is 1. The number of hydrogen-bond acceptors (Lipinski definition) is 6. The number of aliphatic imine (C=N–C) groups is 1. The average Bonchev–Trinajstić information content (AvgIpc) is 3.32. The monoisotopic (exact) mass is 555 g/mol. The van der Waals surface area contributed by atoms with Crippen LogP contribution >= 0.6 is 0 Å². The lowest BCUT2D eigenvalue weighted by atomic mass is 10.0. The highest BCUT2D eigenvalue weighted by atomic mass is 16.1. The van der Waals surface area contributed by atoms with E-state index in [1.54, 1.807) is 6.33 Å². The molecule has 0 spiro atoms. The number of aryl methyl sites for hydroxylation is 3. The molecule has 42 heavy (non-hydrogen) atoms. The van der Waals surface area contributed by atoms with Gasteiger partial charge in [0.2, 0.25) is 0 Å². The van der Waals surface area contributed by atoms with Crippen LogP contribution in [0.4, 0.5) is 0 Å². The van der Waals surface area contributed by atoms with Crippen LogP contribution in [0.3, 0.4) is 0 Å².